The van der Waals surface area contributed by atoms with Crippen molar-refractivity contribution in [2.24, 2.45) is 5.92 Å². The van der Waals surface area contributed by atoms with Gasteiger partial charge in [0.1, 0.15) is 0 Å². The fraction of sp³-hybridized carbons (Fsp3) is 0.750. The molecule has 0 aromatic carbocycles. The molecule has 0 spiro atoms. The molecular formula is C12H22N2O. The van der Waals surface area contributed by atoms with Gasteiger partial charge in [-0.05, 0) is 45.2 Å². The normalized spacial score (nSPS) is 21.8. The third kappa shape index (κ3) is 5.57. The Balaban J connectivity index is 2.06. The highest BCUT2D eigenvalue weighted by molar-refractivity contribution is 5.76. The Morgan fingerprint density at radius 2 is 2.47 bits per heavy atom. The van der Waals surface area contributed by atoms with Crippen molar-refractivity contribution in [3.63, 3.8) is 0 Å². The van der Waals surface area contributed by atoms with Crippen molar-refractivity contribution in [2.75, 3.05) is 19.6 Å². The zero-order valence-corrected chi connectivity index (χ0v) is 9.59. The maximum absolute atomic E-state index is 11.5. The molecule has 1 rings (SSSR count). The number of carbonyl (C=O) groups is 1. The lowest BCUT2D eigenvalue weighted by atomic mass is 9.96. The fourth-order valence-corrected chi connectivity index (χ4v) is 1.89. The summed E-state index contributed by atoms with van der Waals surface area (Å²) in [5.74, 6) is 0.744. The molecule has 0 saturated carbocycles. The Labute approximate surface area is 92.3 Å². The summed E-state index contributed by atoms with van der Waals surface area (Å²) in [5.41, 5.74) is 0. The molecule has 0 aliphatic carbocycles. The molecular weight excluding hydrogens is 188 g/mol. The molecule has 3 heteroatoms. The van der Waals surface area contributed by atoms with Gasteiger partial charge in [-0.3, -0.25) is 4.79 Å². The molecule has 2 N–H and O–H groups in total. The molecule has 1 amide bonds. The summed E-state index contributed by atoms with van der Waals surface area (Å²) in [5, 5.41) is 6.27. The van der Waals surface area contributed by atoms with Crippen molar-refractivity contribution in [2.45, 2.75) is 32.6 Å². The molecule has 0 aromatic rings. The molecule has 0 aromatic heterocycles. The summed E-state index contributed by atoms with van der Waals surface area (Å²) in [7, 11) is 0. The second kappa shape index (κ2) is 7.46. The zero-order chi connectivity index (χ0) is 10.9. The molecule has 1 atom stereocenters. The lowest BCUT2D eigenvalue weighted by molar-refractivity contribution is -0.122. The molecule has 0 radical (unpaired) electrons. The number of rotatable bonds is 5. The molecule has 1 unspecified atom stereocenters. The number of piperidine rings is 1. The number of hydrogen-bond acceptors (Lipinski definition) is 2. The van der Waals surface area contributed by atoms with Gasteiger partial charge in [0, 0.05) is 13.0 Å². The van der Waals surface area contributed by atoms with Crippen LogP contribution in [0.2, 0.25) is 0 Å². The van der Waals surface area contributed by atoms with E-state index in [1.807, 2.05) is 13.0 Å². The van der Waals surface area contributed by atoms with E-state index in [1.54, 1.807) is 0 Å². The van der Waals surface area contributed by atoms with Gasteiger partial charge >= 0.3 is 0 Å². The topological polar surface area (TPSA) is 41.1 Å². The minimum atomic E-state index is 0.202. The van der Waals surface area contributed by atoms with Gasteiger partial charge < -0.3 is 10.6 Å². The molecule has 1 heterocycles. The van der Waals surface area contributed by atoms with E-state index < -0.39 is 0 Å². The second-order valence-electron chi connectivity index (χ2n) is 4.12. The van der Waals surface area contributed by atoms with Crippen LogP contribution in [0.5, 0.6) is 0 Å². The van der Waals surface area contributed by atoms with Crippen LogP contribution in [0.25, 0.3) is 0 Å². The Hall–Kier alpha value is -0.830. The molecule has 1 fully saturated rings. The Morgan fingerprint density at radius 1 is 1.60 bits per heavy atom. The van der Waals surface area contributed by atoms with Gasteiger partial charge in [0.05, 0.1) is 0 Å². The van der Waals surface area contributed by atoms with Crippen LogP contribution < -0.4 is 10.6 Å². The summed E-state index contributed by atoms with van der Waals surface area (Å²) in [6, 6.07) is 0. The van der Waals surface area contributed by atoms with Crippen LogP contribution in [-0.4, -0.2) is 25.5 Å². The maximum atomic E-state index is 11.5. The molecule has 86 valence electrons. The highest BCUT2D eigenvalue weighted by atomic mass is 16.1. The lowest BCUT2D eigenvalue weighted by Gasteiger charge is -2.21. The Kier molecular flexibility index (Phi) is 6.09. The predicted octanol–water partition coefficient (Wildman–Crippen LogP) is 1.46. The second-order valence-corrected chi connectivity index (χ2v) is 4.12. The quantitative estimate of drug-likeness (QED) is 0.533. The van der Waals surface area contributed by atoms with E-state index in [2.05, 4.69) is 16.7 Å². The smallest absolute Gasteiger partial charge is 0.220 e. The van der Waals surface area contributed by atoms with E-state index in [0.29, 0.717) is 12.3 Å². The highest BCUT2D eigenvalue weighted by Crippen LogP contribution is 2.13. The Bertz CT molecular complexity index is 208. The van der Waals surface area contributed by atoms with Gasteiger partial charge in [0.15, 0.2) is 0 Å². The van der Waals surface area contributed by atoms with Crippen molar-refractivity contribution in [3.05, 3.63) is 12.2 Å². The number of amides is 1. The molecule has 1 aliphatic heterocycles. The van der Waals surface area contributed by atoms with Crippen LogP contribution in [0.1, 0.15) is 32.6 Å². The first-order valence-electron chi connectivity index (χ1n) is 5.91. The summed E-state index contributed by atoms with van der Waals surface area (Å²) >= 11 is 0. The SMILES string of the molecule is C/C=C/CCNC(=O)CC1CCCNC1. The van der Waals surface area contributed by atoms with Crippen molar-refractivity contribution in [1.82, 2.24) is 10.6 Å². The van der Waals surface area contributed by atoms with E-state index in [-0.39, 0.29) is 5.91 Å². The van der Waals surface area contributed by atoms with Crippen molar-refractivity contribution in [3.8, 4) is 0 Å². The first-order chi connectivity index (χ1) is 7.33. The van der Waals surface area contributed by atoms with E-state index in [1.165, 1.54) is 12.8 Å². The van der Waals surface area contributed by atoms with Crippen molar-refractivity contribution < 1.29 is 4.79 Å². The zero-order valence-electron chi connectivity index (χ0n) is 9.59. The van der Waals surface area contributed by atoms with E-state index in [4.69, 9.17) is 0 Å². The van der Waals surface area contributed by atoms with Crippen LogP contribution >= 0.6 is 0 Å². The van der Waals surface area contributed by atoms with Gasteiger partial charge in [-0.15, -0.1) is 0 Å². The third-order valence-corrected chi connectivity index (χ3v) is 2.74. The first-order valence-corrected chi connectivity index (χ1v) is 5.91. The standard InChI is InChI=1S/C12H22N2O/c1-2-3-4-8-14-12(15)9-11-6-5-7-13-10-11/h2-3,11,13H,4-10H2,1H3,(H,14,15)/b3-2+. The third-order valence-electron chi connectivity index (χ3n) is 2.74. The van der Waals surface area contributed by atoms with E-state index in [9.17, 15) is 4.79 Å². The predicted molar refractivity (Wildman–Crippen MR) is 62.7 cm³/mol. The maximum Gasteiger partial charge on any atom is 0.220 e. The molecule has 1 aliphatic rings. The van der Waals surface area contributed by atoms with Crippen LogP contribution in [-0.2, 0) is 4.79 Å². The lowest BCUT2D eigenvalue weighted by Crippen LogP contribution is -2.34. The number of allylic oxidation sites excluding steroid dienone is 1. The number of nitrogens with one attached hydrogen (secondary N) is 2. The molecule has 1 saturated heterocycles. The molecule has 15 heavy (non-hydrogen) atoms. The van der Waals surface area contributed by atoms with Crippen LogP contribution in [0.3, 0.4) is 0 Å². The van der Waals surface area contributed by atoms with Crippen LogP contribution in [0.4, 0.5) is 0 Å². The van der Waals surface area contributed by atoms with Gasteiger partial charge in [-0.25, -0.2) is 0 Å². The van der Waals surface area contributed by atoms with Gasteiger partial charge in [-0.2, -0.15) is 0 Å². The summed E-state index contributed by atoms with van der Waals surface area (Å²) in [6.07, 6.45) is 8.10. The average molecular weight is 210 g/mol. The average Bonchev–Trinajstić information content (AvgIpc) is 2.26. The Morgan fingerprint density at radius 3 is 3.13 bits per heavy atom. The number of carbonyl (C=O) groups excluding carboxylic acids is 1. The summed E-state index contributed by atoms with van der Waals surface area (Å²) < 4.78 is 0. The van der Waals surface area contributed by atoms with Gasteiger partial charge in [-0.1, -0.05) is 12.2 Å². The van der Waals surface area contributed by atoms with Crippen LogP contribution in [0.15, 0.2) is 12.2 Å². The monoisotopic (exact) mass is 210 g/mol. The van der Waals surface area contributed by atoms with E-state index >= 15 is 0 Å². The van der Waals surface area contributed by atoms with Gasteiger partial charge in [0.25, 0.3) is 0 Å². The van der Waals surface area contributed by atoms with Crippen molar-refractivity contribution >= 4 is 5.91 Å². The molecule has 3 nitrogen and oxygen atoms in total. The van der Waals surface area contributed by atoms with E-state index in [0.717, 1.165) is 26.1 Å². The first kappa shape index (κ1) is 12.2. The highest BCUT2D eigenvalue weighted by Gasteiger charge is 2.15. The number of hydrogen-bond donors (Lipinski definition) is 2. The van der Waals surface area contributed by atoms with Gasteiger partial charge in [0.2, 0.25) is 5.91 Å². The fourth-order valence-electron chi connectivity index (χ4n) is 1.89. The summed E-state index contributed by atoms with van der Waals surface area (Å²) in [6.45, 7) is 4.88. The minimum absolute atomic E-state index is 0.202. The van der Waals surface area contributed by atoms with Crippen LogP contribution in [0, 0.1) is 5.92 Å². The minimum Gasteiger partial charge on any atom is -0.356 e. The molecule has 0 bridgehead atoms. The largest absolute Gasteiger partial charge is 0.356 e. The summed E-state index contributed by atoms with van der Waals surface area (Å²) in [4.78, 5) is 11.5. The van der Waals surface area contributed by atoms with Crippen molar-refractivity contribution in [1.29, 1.82) is 0 Å².